The molecule has 2 aliphatic carbocycles. The Balaban J connectivity index is 1.50. The summed E-state index contributed by atoms with van der Waals surface area (Å²) in [6.07, 6.45) is 15.5. The largest absolute Gasteiger partial charge is 0.365 e. The van der Waals surface area contributed by atoms with Crippen LogP contribution in [-0.2, 0) is 4.79 Å². The molecule has 0 N–H and O–H groups in total. The van der Waals surface area contributed by atoms with Gasteiger partial charge in [-0.25, -0.2) is 4.39 Å². The first-order valence-corrected chi connectivity index (χ1v) is 14.1. The minimum absolute atomic E-state index is 0.000837. The fourth-order valence-electron chi connectivity index (χ4n) is 6.04. The first-order valence-electron chi connectivity index (χ1n) is 13.3. The van der Waals surface area contributed by atoms with Gasteiger partial charge in [0, 0.05) is 29.9 Å². The second kappa shape index (κ2) is 9.76. The number of rotatable bonds is 3. The van der Waals surface area contributed by atoms with Crippen molar-refractivity contribution in [2.75, 3.05) is 11.9 Å². The molecule has 35 heavy (non-hydrogen) atoms. The molecule has 0 spiro atoms. The van der Waals surface area contributed by atoms with Crippen LogP contribution >= 0.6 is 11.8 Å². The van der Waals surface area contributed by atoms with E-state index >= 15 is 4.39 Å². The van der Waals surface area contributed by atoms with Crippen molar-refractivity contribution in [2.24, 2.45) is 4.99 Å². The van der Waals surface area contributed by atoms with Crippen LogP contribution < -0.4 is 4.90 Å². The summed E-state index contributed by atoms with van der Waals surface area (Å²) in [4.78, 5) is 23.4. The molecular weight excluding hydrogens is 457 g/mol. The maximum Gasteiger partial charge on any atom is 0.267 e. The monoisotopic (exact) mass is 495 g/mol. The highest BCUT2D eigenvalue weighted by molar-refractivity contribution is 8.18. The Morgan fingerprint density at radius 2 is 1.71 bits per heavy atom. The predicted molar refractivity (Wildman–Crippen MR) is 146 cm³/mol. The standard InChI is InChI=1S/C29H38FN3OS/c1-19-18-29(2,3)32(4)25-17-24(30)20(15-23(19)25)16-26-27(34)33(22-13-9-6-10-14-22)28(35-26)31-21-11-7-5-8-12-21/h15-18,21-22H,5-14H2,1-4H3/b26-16+,31-28?. The number of fused-ring (bicyclic) bond motifs is 1. The number of nitrogens with zero attached hydrogens (tertiary/aromatic N) is 3. The van der Waals surface area contributed by atoms with Crippen molar-refractivity contribution in [3.63, 3.8) is 0 Å². The van der Waals surface area contributed by atoms with E-state index in [1.807, 2.05) is 18.0 Å². The number of anilines is 1. The van der Waals surface area contributed by atoms with E-state index in [4.69, 9.17) is 4.99 Å². The zero-order valence-electron chi connectivity index (χ0n) is 21.6. The zero-order chi connectivity index (χ0) is 24.7. The van der Waals surface area contributed by atoms with Gasteiger partial charge in [-0.1, -0.05) is 44.6 Å². The Kier molecular flexibility index (Phi) is 6.86. The van der Waals surface area contributed by atoms with Gasteiger partial charge in [0.2, 0.25) is 0 Å². The van der Waals surface area contributed by atoms with Gasteiger partial charge in [0.1, 0.15) is 5.82 Å². The van der Waals surface area contributed by atoms with Crippen LogP contribution in [0.4, 0.5) is 10.1 Å². The predicted octanol–water partition coefficient (Wildman–Crippen LogP) is 7.40. The Morgan fingerprint density at radius 3 is 2.40 bits per heavy atom. The highest BCUT2D eigenvalue weighted by atomic mass is 32.2. The summed E-state index contributed by atoms with van der Waals surface area (Å²) in [6.45, 7) is 6.35. The third kappa shape index (κ3) is 4.83. The molecule has 2 heterocycles. The Labute approximate surface area is 213 Å². The lowest BCUT2D eigenvalue weighted by atomic mass is 9.88. The van der Waals surface area contributed by atoms with Gasteiger partial charge in [-0.3, -0.25) is 14.7 Å². The van der Waals surface area contributed by atoms with Crippen LogP contribution in [0.1, 0.15) is 96.1 Å². The number of amides is 1. The summed E-state index contributed by atoms with van der Waals surface area (Å²) in [6, 6.07) is 4.05. The van der Waals surface area contributed by atoms with E-state index in [2.05, 4.69) is 31.7 Å². The van der Waals surface area contributed by atoms with E-state index in [1.165, 1.54) is 37.4 Å². The minimum atomic E-state index is -0.288. The van der Waals surface area contributed by atoms with Crippen molar-refractivity contribution >= 4 is 40.2 Å². The van der Waals surface area contributed by atoms with Gasteiger partial charge in [-0.05, 0) is 82.0 Å². The van der Waals surface area contributed by atoms with Crippen molar-refractivity contribution in [2.45, 2.75) is 103 Å². The third-order valence-electron chi connectivity index (χ3n) is 8.27. The minimum Gasteiger partial charge on any atom is -0.365 e. The Hall–Kier alpha value is -2.08. The quantitative estimate of drug-likeness (QED) is 0.410. The topological polar surface area (TPSA) is 35.9 Å². The Morgan fingerprint density at radius 1 is 1.06 bits per heavy atom. The summed E-state index contributed by atoms with van der Waals surface area (Å²) in [5.74, 6) is -0.289. The van der Waals surface area contributed by atoms with E-state index in [9.17, 15) is 4.79 Å². The number of halogens is 1. The van der Waals surface area contributed by atoms with Crippen LogP contribution in [0.15, 0.2) is 28.1 Å². The van der Waals surface area contributed by atoms with Gasteiger partial charge in [0.15, 0.2) is 5.17 Å². The second-order valence-corrected chi connectivity index (χ2v) is 12.2. The normalized spacial score (nSPS) is 26.0. The first-order chi connectivity index (χ1) is 16.7. The Bertz CT molecular complexity index is 1090. The fraction of sp³-hybridized carbons (Fsp3) is 0.586. The van der Waals surface area contributed by atoms with Crippen LogP contribution in [0.3, 0.4) is 0 Å². The van der Waals surface area contributed by atoms with Gasteiger partial charge < -0.3 is 4.90 Å². The van der Waals surface area contributed by atoms with Crippen molar-refractivity contribution < 1.29 is 9.18 Å². The second-order valence-electron chi connectivity index (χ2n) is 11.2. The smallest absolute Gasteiger partial charge is 0.267 e. The third-order valence-corrected chi connectivity index (χ3v) is 9.26. The molecule has 0 bridgehead atoms. The molecule has 2 aliphatic heterocycles. The summed E-state index contributed by atoms with van der Waals surface area (Å²) >= 11 is 1.45. The molecule has 0 unspecified atom stereocenters. The van der Waals surface area contributed by atoms with Crippen molar-refractivity contribution in [1.29, 1.82) is 0 Å². The van der Waals surface area contributed by atoms with Crippen LogP contribution in [0.5, 0.6) is 0 Å². The number of hydrogen-bond donors (Lipinski definition) is 0. The van der Waals surface area contributed by atoms with Crippen molar-refractivity contribution in [1.82, 2.24) is 4.90 Å². The van der Waals surface area contributed by atoms with Gasteiger partial charge in [-0.2, -0.15) is 0 Å². The number of aliphatic imine (C=N–C) groups is 1. The molecule has 0 atom stereocenters. The summed E-state index contributed by atoms with van der Waals surface area (Å²) < 4.78 is 15.4. The number of amidine groups is 1. The molecule has 1 aromatic rings. The summed E-state index contributed by atoms with van der Waals surface area (Å²) in [7, 11) is 2.01. The first kappa shape index (κ1) is 24.6. The average Bonchev–Trinajstić information content (AvgIpc) is 3.14. The number of likely N-dealkylation sites (N-methyl/N-ethyl adjacent to an activating group) is 1. The van der Waals surface area contributed by atoms with Crippen molar-refractivity contribution in [3.05, 3.63) is 40.1 Å². The summed E-state index contributed by atoms with van der Waals surface area (Å²) in [5.41, 5.74) is 3.35. The van der Waals surface area contributed by atoms with E-state index in [0.717, 1.165) is 60.5 Å². The number of carbonyl (C=O) groups is 1. The highest BCUT2D eigenvalue weighted by Crippen LogP contribution is 2.42. The lowest BCUT2D eigenvalue weighted by molar-refractivity contribution is -0.124. The van der Waals surface area contributed by atoms with Crippen LogP contribution in [-0.4, -0.2) is 40.6 Å². The maximum atomic E-state index is 15.4. The number of benzene rings is 1. The highest BCUT2D eigenvalue weighted by Gasteiger charge is 2.39. The fourth-order valence-corrected chi connectivity index (χ4v) is 7.14. The van der Waals surface area contributed by atoms with E-state index in [-0.39, 0.29) is 23.3 Å². The molecule has 4 nitrogen and oxygen atoms in total. The van der Waals surface area contributed by atoms with Gasteiger partial charge in [-0.15, -0.1) is 0 Å². The molecule has 2 saturated carbocycles. The molecule has 1 saturated heterocycles. The van der Waals surface area contributed by atoms with Gasteiger partial charge in [0.05, 0.1) is 16.5 Å². The zero-order valence-corrected chi connectivity index (χ0v) is 22.4. The van der Waals surface area contributed by atoms with Crippen LogP contribution in [0, 0.1) is 5.82 Å². The molecule has 3 fully saturated rings. The molecule has 6 heteroatoms. The van der Waals surface area contributed by atoms with E-state index in [1.54, 1.807) is 12.1 Å². The molecule has 4 aliphatic rings. The van der Waals surface area contributed by atoms with Gasteiger partial charge in [0.25, 0.3) is 5.91 Å². The molecule has 1 aromatic carbocycles. The SMILES string of the molecule is CC1=CC(C)(C)N(C)c2cc(F)c(/C=C3/SC(=NC4CCCCC4)N(C4CCCCC4)C3=O)cc21. The summed E-state index contributed by atoms with van der Waals surface area (Å²) in [5, 5.41) is 0.843. The maximum absolute atomic E-state index is 15.4. The van der Waals surface area contributed by atoms with E-state index < -0.39 is 0 Å². The van der Waals surface area contributed by atoms with Crippen LogP contribution in [0.2, 0.25) is 0 Å². The number of hydrogen-bond acceptors (Lipinski definition) is 4. The lowest BCUT2D eigenvalue weighted by Gasteiger charge is -2.40. The average molecular weight is 496 g/mol. The van der Waals surface area contributed by atoms with Crippen molar-refractivity contribution in [3.8, 4) is 0 Å². The number of thioether (sulfide) groups is 1. The molecule has 0 radical (unpaired) electrons. The molecule has 0 aromatic heterocycles. The van der Waals surface area contributed by atoms with Crippen LogP contribution in [0.25, 0.3) is 11.6 Å². The number of allylic oxidation sites excluding steroid dienone is 1. The molecule has 5 rings (SSSR count). The van der Waals surface area contributed by atoms with Gasteiger partial charge >= 0.3 is 0 Å². The van der Waals surface area contributed by atoms with E-state index in [0.29, 0.717) is 16.5 Å². The number of carbonyl (C=O) groups excluding carboxylic acids is 1. The molecular formula is C29H38FN3OS. The molecule has 188 valence electrons. The molecule has 1 amide bonds. The lowest BCUT2D eigenvalue weighted by Crippen LogP contribution is -2.42.